The summed E-state index contributed by atoms with van der Waals surface area (Å²) >= 11 is 0. The topological polar surface area (TPSA) is 52.2 Å². The third kappa shape index (κ3) is 1.56. The predicted octanol–water partition coefficient (Wildman–Crippen LogP) is 1.53. The molecular weight excluding hydrogens is 170 g/mol. The molecule has 4 nitrogen and oxygen atoms in total. The lowest BCUT2D eigenvalue weighted by atomic mass is 10.1. The Kier molecular flexibility index (Phi) is 2.40. The standard InChI is InChI=1S/C9H13NO3/c1-5(2)8-6(3)10(7(4)11)13-9(8)12/h5H,1-4H3. The molecule has 0 N–H and O–H groups in total. The van der Waals surface area contributed by atoms with Gasteiger partial charge in [-0.1, -0.05) is 13.8 Å². The van der Waals surface area contributed by atoms with Crippen LogP contribution in [-0.4, -0.2) is 10.6 Å². The van der Waals surface area contributed by atoms with Crippen molar-refractivity contribution in [2.45, 2.75) is 33.6 Å². The van der Waals surface area contributed by atoms with Crippen LogP contribution in [0, 0.1) is 6.92 Å². The lowest BCUT2D eigenvalue weighted by Crippen LogP contribution is -2.06. The highest BCUT2D eigenvalue weighted by atomic mass is 16.5. The van der Waals surface area contributed by atoms with Crippen LogP contribution < -0.4 is 5.63 Å². The van der Waals surface area contributed by atoms with Crippen LogP contribution in [0.1, 0.15) is 42.7 Å². The molecule has 0 spiro atoms. The molecule has 0 fully saturated rings. The summed E-state index contributed by atoms with van der Waals surface area (Å²) in [5.41, 5.74) is 0.769. The van der Waals surface area contributed by atoms with E-state index in [0.717, 1.165) is 4.74 Å². The molecule has 0 radical (unpaired) electrons. The second kappa shape index (κ2) is 3.20. The van der Waals surface area contributed by atoms with Crippen LogP contribution in [0.15, 0.2) is 9.32 Å². The molecular formula is C9H13NO3. The Morgan fingerprint density at radius 3 is 2.23 bits per heavy atom. The zero-order valence-corrected chi connectivity index (χ0v) is 8.25. The predicted molar refractivity (Wildman–Crippen MR) is 48.1 cm³/mol. The molecule has 1 aromatic rings. The van der Waals surface area contributed by atoms with Crippen molar-refractivity contribution in [1.29, 1.82) is 0 Å². The maximum atomic E-state index is 11.3. The summed E-state index contributed by atoms with van der Waals surface area (Å²) in [5.74, 6) is -0.196. The zero-order chi connectivity index (χ0) is 10.2. The smallest absolute Gasteiger partial charge is 0.328 e. The molecule has 0 aliphatic carbocycles. The Hall–Kier alpha value is -1.32. The molecule has 1 rings (SSSR count). The van der Waals surface area contributed by atoms with Gasteiger partial charge < -0.3 is 4.52 Å². The monoisotopic (exact) mass is 183 g/mol. The highest BCUT2D eigenvalue weighted by molar-refractivity contribution is 5.75. The average Bonchev–Trinajstić information content (AvgIpc) is 2.26. The van der Waals surface area contributed by atoms with Gasteiger partial charge in [-0.2, -0.15) is 0 Å². The van der Waals surface area contributed by atoms with Crippen LogP contribution in [-0.2, 0) is 0 Å². The van der Waals surface area contributed by atoms with Gasteiger partial charge in [-0.3, -0.25) is 4.79 Å². The fourth-order valence-electron chi connectivity index (χ4n) is 1.41. The van der Waals surface area contributed by atoms with Crippen LogP contribution in [0.25, 0.3) is 0 Å². The summed E-state index contributed by atoms with van der Waals surface area (Å²) in [6.45, 7) is 6.86. The molecule has 0 aliphatic heterocycles. The second-order valence-electron chi connectivity index (χ2n) is 3.35. The van der Waals surface area contributed by atoms with Crippen LogP contribution >= 0.6 is 0 Å². The van der Waals surface area contributed by atoms with Crippen molar-refractivity contribution in [3.8, 4) is 0 Å². The van der Waals surface area contributed by atoms with Gasteiger partial charge in [0.05, 0.1) is 11.3 Å². The molecule has 0 unspecified atom stereocenters. The summed E-state index contributed by atoms with van der Waals surface area (Å²) in [6, 6.07) is 0. The summed E-state index contributed by atoms with van der Waals surface area (Å²) in [4.78, 5) is 22.3. The molecule has 13 heavy (non-hydrogen) atoms. The highest BCUT2D eigenvalue weighted by Crippen LogP contribution is 2.15. The van der Waals surface area contributed by atoms with E-state index in [1.165, 1.54) is 6.92 Å². The van der Waals surface area contributed by atoms with Gasteiger partial charge in [-0.25, -0.2) is 4.79 Å². The molecule has 1 heterocycles. The average molecular weight is 183 g/mol. The molecule has 1 aromatic heterocycles. The number of nitrogens with zero attached hydrogens (tertiary/aromatic N) is 1. The Bertz CT molecular complexity index is 384. The first-order chi connectivity index (χ1) is 5.95. The first-order valence-corrected chi connectivity index (χ1v) is 4.19. The maximum absolute atomic E-state index is 11.3. The summed E-state index contributed by atoms with van der Waals surface area (Å²) < 4.78 is 5.82. The molecule has 0 aliphatic rings. The van der Waals surface area contributed by atoms with E-state index in [2.05, 4.69) is 0 Å². The summed E-state index contributed by atoms with van der Waals surface area (Å²) in [6.07, 6.45) is 0. The van der Waals surface area contributed by atoms with Crippen LogP contribution in [0.4, 0.5) is 0 Å². The fourth-order valence-corrected chi connectivity index (χ4v) is 1.41. The van der Waals surface area contributed by atoms with Gasteiger partial charge >= 0.3 is 5.63 Å². The van der Waals surface area contributed by atoms with Gasteiger partial charge in [0.1, 0.15) is 0 Å². The van der Waals surface area contributed by atoms with E-state index in [-0.39, 0.29) is 11.8 Å². The van der Waals surface area contributed by atoms with Gasteiger partial charge in [0.25, 0.3) is 5.91 Å². The van der Waals surface area contributed by atoms with Crippen molar-refractivity contribution in [2.24, 2.45) is 0 Å². The van der Waals surface area contributed by atoms with E-state index in [1.54, 1.807) is 6.92 Å². The number of carbonyl (C=O) groups excluding carboxylic acids is 1. The van der Waals surface area contributed by atoms with Gasteiger partial charge in [0.15, 0.2) is 0 Å². The Balaban J connectivity index is 3.39. The van der Waals surface area contributed by atoms with E-state index in [0.29, 0.717) is 11.3 Å². The van der Waals surface area contributed by atoms with Crippen LogP contribution in [0.3, 0.4) is 0 Å². The molecule has 0 aromatic carbocycles. The van der Waals surface area contributed by atoms with E-state index < -0.39 is 5.63 Å². The molecule has 0 bridgehead atoms. The molecule has 0 saturated carbocycles. The van der Waals surface area contributed by atoms with Crippen molar-refractivity contribution in [1.82, 2.24) is 4.74 Å². The van der Waals surface area contributed by atoms with Crippen molar-refractivity contribution in [3.05, 3.63) is 21.7 Å². The van der Waals surface area contributed by atoms with Crippen molar-refractivity contribution >= 4 is 5.91 Å². The van der Waals surface area contributed by atoms with Crippen molar-refractivity contribution in [2.75, 3.05) is 0 Å². The summed E-state index contributed by atoms with van der Waals surface area (Å²) in [5, 5.41) is 0. The molecule has 0 atom stereocenters. The summed E-state index contributed by atoms with van der Waals surface area (Å²) in [7, 11) is 0. The van der Waals surface area contributed by atoms with Gasteiger partial charge in [-0.05, 0) is 12.8 Å². The van der Waals surface area contributed by atoms with E-state index >= 15 is 0 Å². The Labute approximate surface area is 76.1 Å². The normalized spacial score (nSPS) is 10.8. The minimum atomic E-state index is -0.414. The third-order valence-corrected chi connectivity index (χ3v) is 1.95. The molecule has 72 valence electrons. The number of aromatic nitrogens is 1. The number of hydrogen-bond donors (Lipinski definition) is 0. The van der Waals surface area contributed by atoms with Crippen molar-refractivity contribution < 1.29 is 9.32 Å². The Morgan fingerprint density at radius 1 is 1.46 bits per heavy atom. The van der Waals surface area contributed by atoms with E-state index in [4.69, 9.17) is 4.52 Å². The maximum Gasteiger partial charge on any atom is 0.361 e. The highest BCUT2D eigenvalue weighted by Gasteiger charge is 2.18. The van der Waals surface area contributed by atoms with Gasteiger partial charge in [0.2, 0.25) is 0 Å². The van der Waals surface area contributed by atoms with Crippen molar-refractivity contribution in [3.63, 3.8) is 0 Å². The largest absolute Gasteiger partial charge is 0.361 e. The number of rotatable bonds is 1. The SMILES string of the molecule is CC(=O)n1oc(=O)c(C(C)C)c1C. The minimum absolute atomic E-state index is 0.0804. The number of hydrogen-bond acceptors (Lipinski definition) is 3. The van der Waals surface area contributed by atoms with Crippen LogP contribution in [0.5, 0.6) is 0 Å². The first-order valence-electron chi connectivity index (χ1n) is 4.19. The number of carbonyl (C=O) groups is 1. The lowest BCUT2D eigenvalue weighted by molar-refractivity contribution is 0.0807. The van der Waals surface area contributed by atoms with E-state index in [1.807, 2.05) is 13.8 Å². The van der Waals surface area contributed by atoms with Gasteiger partial charge in [-0.15, -0.1) is 4.74 Å². The molecule has 0 amide bonds. The third-order valence-electron chi connectivity index (χ3n) is 1.95. The fraction of sp³-hybridized carbons (Fsp3) is 0.556. The molecule has 0 saturated heterocycles. The second-order valence-corrected chi connectivity index (χ2v) is 3.35. The quantitative estimate of drug-likeness (QED) is 0.663. The molecule has 4 heteroatoms. The minimum Gasteiger partial charge on any atom is -0.328 e. The van der Waals surface area contributed by atoms with Gasteiger partial charge in [0, 0.05) is 6.92 Å². The zero-order valence-electron chi connectivity index (χ0n) is 8.25. The lowest BCUT2D eigenvalue weighted by Gasteiger charge is -2.00. The van der Waals surface area contributed by atoms with Crippen LogP contribution in [0.2, 0.25) is 0 Å². The first kappa shape index (κ1) is 9.77. The Morgan fingerprint density at radius 2 is 2.00 bits per heavy atom. The van der Waals surface area contributed by atoms with E-state index in [9.17, 15) is 9.59 Å².